The predicted molar refractivity (Wildman–Crippen MR) is 97.2 cm³/mol. The number of aryl methyl sites for hydroxylation is 2. The van der Waals surface area contributed by atoms with Crippen molar-refractivity contribution in [2.75, 3.05) is 5.32 Å². The van der Waals surface area contributed by atoms with Gasteiger partial charge in [-0.3, -0.25) is 0 Å². The average molecular weight is 301 g/mol. The van der Waals surface area contributed by atoms with Crippen LogP contribution < -0.4 is 10.3 Å². The molecule has 0 radical (unpaired) electrons. The number of nitrogens with one attached hydrogen (secondary N) is 2. The summed E-state index contributed by atoms with van der Waals surface area (Å²) in [7, 11) is 0. The van der Waals surface area contributed by atoms with E-state index in [-0.39, 0.29) is 0 Å². The van der Waals surface area contributed by atoms with Crippen LogP contribution in [0.1, 0.15) is 16.7 Å². The number of rotatable bonds is 3. The van der Waals surface area contributed by atoms with Crippen molar-refractivity contribution < 1.29 is 4.99 Å². The smallest absolute Gasteiger partial charge is 0.240 e. The second kappa shape index (κ2) is 6.93. The molecule has 2 N–H and O–H groups in total. The third-order valence-electron chi connectivity index (χ3n) is 3.87. The lowest BCUT2D eigenvalue weighted by molar-refractivity contribution is -0.353. The molecule has 0 aliphatic heterocycles. The second-order valence-corrected chi connectivity index (χ2v) is 5.62. The van der Waals surface area contributed by atoms with Crippen molar-refractivity contribution in [3.8, 4) is 0 Å². The van der Waals surface area contributed by atoms with Crippen molar-refractivity contribution in [3.63, 3.8) is 0 Å². The third-order valence-corrected chi connectivity index (χ3v) is 3.87. The molecular formula is C21H21N2+. The number of para-hydroxylation sites is 2. The number of amidine groups is 1. The second-order valence-electron chi connectivity index (χ2n) is 5.62. The fourth-order valence-electron chi connectivity index (χ4n) is 2.48. The highest BCUT2D eigenvalue weighted by Gasteiger charge is 2.13. The van der Waals surface area contributed by atoms with Gasteiger partial charge < -0.3 is 0 Å². The number of hydrogen-bond acceptors (Lipinski definition) is 0. The van der Waals surface area contributed by atoms with E-state index in [1.807, 2.05) is 30.3 Å². The van der Waals surface area contributed by atoms with Crippen molar-refractivity contribution in [3.05, 3.63) is 95.6 Å². The Bertz CT molecular complexity index is 820. The van der Waals surface area contributed by atoms with E-state index < -0.39 is 0 Å². The first-order chi connectivity index (χ1) is 11.2. The van der Waals surface area contributed by atoms with Gasteiger partial charge in [-0.1, -0.05) is 54.6 Å². The summed E-state index contributed by atoms with van der Waals surface area (Å²) in [5.41, 5.74) is 5.76. The lowest BCUT2D eigenvalue weighted by Gasteiger charge is -2.07. The molecule has 0 aliphatic carbocycles. The Morgan fingerprint density at radius 1 is 0.696 bits per heavy atom. The van der Waals surface area contributed by atoms with Crippen molar-refractivity contribution in [1.82, 2.24) is 0 Å². The molecular weight excluding hydrogens is 280 g/mol. The van der Waals surface area contributed by atoms with Gasteiger partial charge in [0.1, 0.15) is 11.4 Å². The summed E-state index contributed by atoms with van der Waals surface area (Å²) in [5.74, 6) is 0.981. The van der Waals surface area contributed by atoms with Crippen molar-refractivity contribution >= 4 is 17.2 Å². The molecule has 0 aliphatic rings. The highest BCUT2D eigenvalue weighted by atomic mass is 15.0. The van der Waals surface area contributed by atoms with E-state index in [1.54, 1.807) is 0 Å². The van der Waals surface area contributed by atoms with Crippen LogP contribution in [0, 0.1) is 13.8 Å². The monoisotopic (exact) mass is 301 g/mol. The molecule has 114 valence electrons. The van der Waals surface area contributed by atoms with E-state index in [0.717, 1.165) is 22.8 Å². The van der Waals surface area contributed by atoms with Crippen LogP contribution in [-0.4, -0.2) is 5.84 Å². The Kier molecular flexibility index (Phi) is 4.53. The fourth-order valence-corrected chi connectivity index (χ4v) is 2.48. The van der Waals surface area contributed by atoms with Gasteiger partial charge in [0.15, 0.2) is 0 Å². The molecule has 3 aromatic rings. The quantitative estimate of drug-likeness (QED) is 0.561. The number of anilines is 1. The molecule has 0 fully saturated rings. The summed E-state index contributed by atoms with van der Waals surface area (Å²) < 4.78 is 0. The first kappa shape index (κ1) is 15.0. The molecule has 0 saturated carbocycles. The minimum Gasteiger partial charge on any atom is -0.240 e. The normalized spacial score (nSPS) is 11.3. The van der Waals surface area contributed by atoms with E-state index in [4.69, 9.17) is 0 Å². The average Bonchev–Trinajstić information content (AvgIpc) is 2.59. The summed E-state index contributed by atoms with van der Waals surface area (Å²) >= 11 is 0. The topological polar surface area (TPSA) is 26.0 Å². The molecule has 0 heterocycles. The van der Waals surface area contributed by atoms with Gasteiger partial charge in [0.05, 0.1) is 5.56 Å². The molecule has 2 nitrogen and oxygen atoms in total. The van der Waals surface area contributed by atoms with Gasteiger partial charge in [0.25, 0.3) is 5.84 Å². The third kappa shape index (κ3) is 3.67. The minimum atomic E-state index is 0.981. The Hall–Kier alpha value is -2.87. The molecule has 0 unspecified atom stereocenters. The number of benzene rings is 3. The summed E-state index contributed by atoms with van der Waals surface area (Å²) in [6, 6.07) is 26.9. The Labute approximate surface area is 137 Å². The van der Waals surface area contributed by atoms with E-state index in [9.17, 15) is 0 Å². The molecule has 0 bridgehead atoms. The Morgan fingerprint density at radius 2 is 1.30 bits per heavy atom. The molecule has 3 rings (SSSR count). The van der Waals surface area contributed by atoms with Crippen LogP contribution in [0.25, 0.3) is 0 Å². The maximum atomic E-state index is 3.54. The lowest BCUT2D eigenvalue weighted by atomic mass is 10.1. The van der Waals surface area contributed by atoms with Gasteiger partial charge in [-0.05, 0) is 49.2 Å². The number of hydrogen-bond donors (Lipinski definition) is 2. The molecule has 2 heteroatoms. The first-order valence-electron chi connectivity index (χ1n) is 7.82. The Balaban J connectivity index is 2.05. The summed E-state index contributed by atoms with van der Waals surface area (Å²) in [6.45, 7) is 4.22. The zero-order valence-electron chi connectivity index (χ0n) is 13.5. The van der Waals surface area contributed by atoms with Gasteiger partial charge in [-0.25, -0.2) is 10.3 Å². The lowest BCUT2D eigenvalue weighted by Crippen LogP contribution is -2.69. The largest absolute Gasteiger partial charge is 0.285 e. The maximum absolute atomic E-state index is 3.54. The van der Waals surface area contributed by atoms with Crippen LogP contribution in [0.2, 0.25) is 0 Å². The summed E-state index contributed by atoms with van der Waals surface area (Å²) in [5, 5.41) is 3.54. The van der Waals surface area contributed by atoms with Crippen LogP contribution in [0.4, 0.5) is 11.4 Å². The predicted octanol–water partition coefficient (Wildman–Crippen LogP) is 3.57. The maximum Gasteiger partial charge on any atom is 0.285 e. The van der Waals surface area contributed by atoms with Crippen molar-refractivity contribution in [1.29, 1.82) is 0 Å². The molecule has 0 spiro atoms. The van der Waals surface area contributed by atoms with Gasteiger partial charge in [0, 0.05) is 0 Å². The van der Waals surface area contributed by atoms with Crippen molar-refractivity contribution in [2.45, 2.75) is 13.8 Å². The van der Waals surface area contributed by atoms with E-state index in [2.05, 4.69) is 72.7 Å². The highest BCUT2D eigenvalue weighted by molar-refractivity contribution is 6.05. The van der Waals surface area contributed by atoms with E-state index in [0.29, 0.717) is 0 Å². The van der Waals surface area contributed by atoms with E-state index >= 15 is 0 Å². The molecule has 3 aromatic carbocycles. The van der Waals surface area contributed by atoms with Gasteiger partial charge >= 0.3 is 0 Å². The SMILES string of the molecule is Cc1ccccc1NC(=[NH+]c1ccccc1C)c1ccccc1. The first-order valence-corrected chi connectivity index (χ1v) is 7.82. The molecule has 0 atom stereocenters. The van der Waals surface area contributed by atoms with Crippen LogP contribution in [0.3, 0.4) is 0 Å². The highest BCUT2D eigenvalue weighted by Crippen LogP contribution is 2.14. The van der Waals surface area contributed by atoms with Crippen LogP contribution >= 0.6 is 0 Å². The van der Waals surface area contributed by atoms with Crippen molar-refractivity contribution in [2.24, 2.45) is 0 Å². The van der Waals surface area contributed by atoms with Gasteiger partial charge in [-0.15, -0.1) is 0 Å². The molecule has 0 saturated heterocycles. The van der Waals surface area contributed by atoms with Crippen LogP contribution in [0.5, 0.6) is 0 Å². The van der Waals surface area contributed by atoms with Crippen LogP contribution in [-0.2, 0) is 0 Å². The standard InChI is InChI=1S/C21H20N2/c1-16-10-6-8-14-19(16)22-21(18-12-4-3-5-13-18)23-20-15-9-7-11-17(20)2/h3-15H,1-2H3,(H,22,23)/p+1. The van der Waals surface area contributed by atoms with E-state index in [1.165, 1.54) is 11.1 Å². The summed E-state index contributed by atoms with van der Waals surface area (Å²) in [4.78, 5) is 3.54. The Morgan fingerprint density at radius 3 is 2.00 bits per heavy atom. The van der Waals surface area contributed by atoms with Gasteiger partial charge in [0.2, 0.25) is 0 Å². The fraction of sp³-hybridized carbons (Fsp3) is 0.0952. The molecule has 0 aromatic heterocycles. The molecule has 23 heavy (non-hydrogen) atoms. The zero-order chi connectivity index (χ0) is 16.1. The summed E-state index contributed by atoms with van der Waals surface area (Å²) in [6.07, 6.45) is 0. The van der Waals surface area contributed by atoms with Gasteiger partial charge in [-0.2, -0.15) is 0 Å². The molecule has 0 amide bonds. The zero-order valence-corrected chi connectivity index (χ0v) is 13.5. The minimum absolute atomic E-state index is 0.981. The van der Waals surface area contributed by atoms with Crippen LogP contribution in [0.15, 0.2) is 78.9 Å².